The zero-order valence-electron chi connectivity index (χ0n) is 13.0. The minimum atomic E-state index is -1.07. The number of hydrogen-bond acceptors (Lipinski definition) is 5. The molecule has 6 heteroatoms. The standard InChI is InChI=1S/C18H16O6/c1-21-15-10-13(17(19)20)9-14(18-22-7-8-23-18)16(15)24-11-12-5-3-2-4-6-12/h2-10,18H,11H2,1H3,(H,19,20). The second kappa shape index (κ2) is 6.95. The Balaban J connectivity index is 1.96. The van der Waals surface area contributed by atoms with Gasteiger partial charge in [0, 0.05) is 0 Å². The molecule has 0 atom stereocenters. The molecule has 0 saturated heterocycles. The third kappa shape index (κ3) is 3.27. The second-order valence-corrected chi connectivity index (χ2v) is 5.05. The lowest BCUT2D eigenvalue weighted by Crippen LogP contribution is -2.08. The van der Waals surface area contributed by atoms with E-state index in [1.807, 2.05) is 30.3 Å². The summed E-state index contributed by atoms with van der Waals surface area (Å²) in [6.07, 6.45) is 2.01. The molecule has 1 heterocycles. The van der Waals surface area contributed by atoms with Crippen molar-refractivity contribution in [3.8, 4) is 11.5 Å². The summed E-state index contributed by atoms with van der Waals surface area (Å²) < 4.78 is 21.9. The molecule has 0 aromatic heterocycles. The molecule has 0 fully saturated rings. The highest BCUT2D eigenvalue weighted by Gasteiger charge is 2.26. The third-order valence-corrected chi connectivity index (χ3v) is 3.49. The number of methoxy groups -OCH3 is 1. The van der Waals surface area contributed by atoms with Gasteiger partial charge in [-0.05, 0) is 17.7 Å². The minimum Gasteiger partial charge on any atom is -0.493 e. The van der Waals surface area contributed by atoms with Gasteiger partial charge in [0.25, 0.3) is 6.29 Å². The van der Waals surface area contributed by atoms with E-state index in [9.17, 15) is 9.90 Å². The molecule has 2 aromatic rings. The number of carbonyl (C=O) groups is 1. The van der Waals surface area contributed by atoms with Crippen LogP contribution in [0, 0.1) is 0 Å². The van der Waals surface area contributed by atoms with Crippen molar-refractivity contribution in [1.29, 1.82) is 0 Å². The SMILES string of the molecule is COc1cc(C(=O)O)cc(C2OC=CO2)c1OCc1ccccc1. The van der Waals surface area contributed by atoms with E-state index in [-0.39, 0.29) is 5.56 Å². The smallest absolute Gasteiger partial charge is 0.335 e. The normalized spacial score (nSPS) is 13.2. The van der Waals surface area contributed by atoms with Crippen molar-refractivity contribution in [3.63, 3.8) is 0 Å². The monoisotopic (exact) mass is 328 g/mol. The number of carboxylic acids is 1. The molecule has 1 aliphatic rings. The molecule has 0 unspecified atom stereocenters. The molecule has 0 spiro atoms. The van der Waals surface area contributed by atoms with Crippen LogP contribution < -0.4 is 9.47 Å². The van der Waals surface area contributed by atoms with Crippen LogP contribution in [0.4, 0.5) is 0 Å². The maximum Gasteiger partial charge on any atom is 0.335 e. The molecule has 0 amide bonds. The van der Waals surface area contributed by atoms with Crippen molar-refractivity contribution in [1.82, 2.24) is 0 Å². The first kappa shape index (κ1) is 15.7. The van der Waals surface area contributed by atoms with Crippen molar-refractivity contribution in [2.75, 3.05) is 7.11 Å². The van der Waals surface area contributed by atoms with E-state index in [4.69, 9.17) is 18.9 Å². The first-order chi connectivity index (χ1) is 11.7. The lowest BCUT2D eigenvalue weighted by atomic mass is 10.1. The van der Waals surface area contributed by atoms with Crippen LogP contribution in [-0.2, 0) is 16.1 Å². The van der Waals surface area contributed by atoms with E-state index < -0.39 is 12.3 Å². The minimum absolute atomic E-state index is 0.0630. The van der Waals surface area contributed by atoms with Gasteiger partial charge in [0.15, 0.2) is 11.5 Å². The van der Waals surface area contributed by atoms with Gasteiger partial charge in [-0.15, -0.1) is 0 Å². The molecule has 0 bridgehead atoms. The Hall–Kier alpha value is -3.15. The van der Waals surface area contributed by atoms with Crippen molar-refractivity contribution in [2.24, 2.45) is 0 Å². The highest BCUT2D eigenvalue weighted by Crippen LogP contribution is 2.40. The first-order valence-corrected chi connectivity index (χ1v) is 7.27. The zero-order valence-corrected chi connectivity index (χ0v) is 13.0. The van der Waals surface area contributed by atoms with Crippen LogP contribution >= 0.6 is 0 Å². The van der Waals surface area contributed by atoms with Gasteiger partial charge >= 0.3 is 5.97 Å². The van der Waals surface area contributed by atoms with Crippen LogP contribution in [-0.4, -0.2) is 18.2 Å². The summed E-state index contributed by atoms with van der Waals surface area (Å²) in [7, 11) is 1.45. The van der Waals surface area contributed by atoms with Crippen molar-refractivity contribution in [2.45, 2.75) is 12.9 Å². The summed E-state index contributed by atoms with van der Waals surface area (Å²) in [5.41, 5.74) is 1.49. The predicted octanol–water partition coefficient (Wildman–Crippen LogP) is 3.49. The van der Waals surface area contributed by atoms with E-state index in [0.717, 1.165) is 5.56 Å². The van der Waals surface area contributed by atoms with E-state index in [1.54, 1.807) is 0 Å². The molecular formula is C18H16O6. The van der Waals surface area contributed by atoms with E-state index >= 15 is 0 Å². The Kier molecular flexibility index (Phi) is 4.56. The fourth-order valence-electron chi connectivity index (χ4n) is 2.34. The van der Waals surface area contributed by atoms with E-state index in [0.29, 0.717) is 23.7 Å². The van der Waals surface area contributed by atoms with Gasteiger partial charge in [-0.2, -0.15) is 0 Å². The van der Waals surface area contributed by atoms with Gasteiger partial charge in [-0.1, -0.05) is 30.3 Å². The highest BCUT2D eigenvalue weighted by atomic mass is 16.7. The second-order valence-electron chi connectivity index (χ2n) is 5.05. The molecule has 24 heavy (non-hydrogen) atoms. The van der Waals surface area contributed by atoms with E-state index in [2.05, 4.69) is 0 Å². The van der Waals surface area contributed by atoms with Crippen molar-refractivity contribution in [3.05, 3.63) is 71.7 Å². The Morgan fingerprint density at radius 2 is 1.88 bits per heavy atom. The van der Waals surface area contributed by atoms with Crippen LogP contribution in [0.2, 0.25) is 0 Å². The van der Waals surface area contributed by atoms with Gasteiger partial charge in [-0.3, -0.25) is 0 Å². The van der Waals surface area contributed by atoms with Crippen molar-refractivity contribution >= 4 is 5.97 Å². The van der Waals surface area contributed by atoms with Crippen LogP contribution in [0.5, 0.6) is 11.5 Å². The number of hydrogen-bond donors (Lipinski definition) is 1. The Labute approximate surface area is 138 Å². The summed E-state index contributed by atoms with van der Waals surface area (Å²) in [5, 5.41) is 9.28. The fraction of sp³-hybridized carbons (Fsp3) is 0.167. The summed E-state index contributed by atoms with van der Waals surface area (Å²) in [6.45, 7) is 0.302. The number of rotatable bonds is 6. The summed E-state index contributed by atoms with van der Waals surface area (Å²) in [6, 6.07) is 12.5. The zero-order chi connectivity index (χ0) is 16.9. The molecule has 0 radical (unpaired) electrons. The molecule has 0 saturated carbocycles. The first-order valence-electron chi connectivity index (χ1n) is 7.27. The maximum absolute atomic E-state index is 11.3. The summed E-state index contributed by atoms with van der Waals surface area (Å²) >= 11 is 0. The summed E-state index contributed by atoms with van der Waals surface area (Å²) in [5.74, 6) is -0.380. The largest absolute Gasteiger partial charge is 0.493 e. The fourth-order valence-corrected chi connectivity index (χ4v) is 2.34. The lowest BCUT2D eigenvalue weighted by Gasteiger charge is -2.19. The van der Waals surface area contributed by atoms with Crippen LogP contribution in [0.1, 0.15) is 27.8 Å². The maximum atomic E-state index is 11.3. The average molecular weight is 328 g/mol. The van der Waals surface area contributed by atoms with Crippen molar-refractivity contribution < 1.29 is 28.8 Å². The quantitative estimate of drug-likeness (QED) is 0.875. The molecule has 2 aromatic carbocycles. The Morgan fingerprint density at radius 3 is 2.50 bits per heavy atom. The lowest BCUT2D eigenvalue weighted by molar-refractivity contribution is -0.0268. The molecule has 1 N–H and O–H groups in total. The number of carboxylic acid groups (broad SMARTS) is 1. The molecule has 6 nitrogen and oxygen atoms in total. The van der Waals surface area contributed by atoms with Gasteiger partial charge in [0.2, 0.25) is 0 Å². The summed E-state index contributed by atoms with van der Waals surface area (Å²) in [4.78, 5) is 11.3. The Bertz CT molecular complexity index is 746. The highest BCUT2D eigenvalue weighted by molar-refractivity contribution is 5.89. The molecule has 124 valence electrons. The number of aromatic carboxylic acids is 1. The van der Waals surface area contributed by atoms with Gasteiger partial charge in [0.05, 0.1) is 18.2 Å². The Morgan fingerprint density at radius 1 is 1.17 bits per heavy atom. The molecule has 1 aliphatic heterocycles. The molecular weight excluding hydrogens is 312 g/mol. The third-order valence-electron chi connectivity index (χ3n) is 3.49. The van der Waals surface area contributed by atoms with Crippen LogP contribution in [0.3, 0.4) is 0 Å². The predicted molar refractivity (Wildman–Crippen MR) is 84.8 cm³/mol. The van der Waals surface area contributed by atoms with Gasteiger partial charge in [0.1, 0.15) is 19.1 Å². The topological polar surface area (TPSA) is 74.2 Å². The van der Waals surface area contributed by atoms with Gasteiger partial charge in [-0.25, -0.2) is 4.79 Å². The molecule has 0 aliphatic carbocycles. The van der Waals surface area contributed by atoms with Crippen LogP contribution in [0.25, 0.3) is 0 Å². The van der Waals surface area contributed by atoms with Gasteiger partial charge < -0.3 is 24.1 Å². The molecule has 3 rings (SSSR count). The number of ether oxygens (including phenoxy) is 4. The van der Waals surface area contributed by atoms with Crippen LogP contribution in [0.15, 0.2) is 55.0 Å². The van der Waals surface area contributed by atoms with E-state index in [1.165, 1.54) is 31.8 Å². The average Bonchev–Trinajstić information content (AvgIpc) is 3.14. The number of benzene rings is 2.